The third kappa shape index (κ3) is 4.44. The number of aryl methyl sites for hydroxylation is 1. The van der Waals surface area contributed by atoms with Crippen LogP contribution in [0.25, 0.3) is 22.5 Å². The van der Waals surface area contributed by atoms with Gasteiger partial charge in [0.1, 0.15) is 18.0 Å². The highest BCUT2D eigenvalue weighted by molar-refractivity contribution is 6.10. The van der Waals surface area contributed by atoms with Crippen molar-refractivity contribution >= 4 is 17.5 Å². The number of nitrogens with one attached hydrogen (secondary N) is 1. The van der Waals surface area contributed by atoms with E-state index in [1.807, 2.05) is 0 Å². The molecule has 2 aliphatic rings. The molecule has 9 nitrogen and oxygen atoms in total. The molecule has 2 aromatic heterocycles. The number of nitriles is 1. The van der Waals surface area contributed by atoms with Crippen LogP contribution in [0.2, 0.25) is 0 Å². The number of carbonyl (C=O) groups is 1. The molecule has 1 N–H and O–H groups in total. The third-order valence-corrected chi connectivity index (χ3v) is 7.14. The van der Waals surface area contributed by atoms with Crippen molar-refractivity contribution in [3.8, 4) is 28.6 Å². The lowest BCUT2D eigenvalue weighted by Gasteiger charge is -2.19. The number of hydrogen-bond donors (Lipinski definition) is 1. The summed E-state index contributed by atoms with van der Waals surface area (Å²) in [6.07, 6.45) is -2.29. The highest BCUT2D eigenvalue weighted by Crippen LogP contribution is 2.41. The van der Waals surface area contributed by atoms with Gasteiger partial charge in [-0.2, -0.15) is 18.4 Å². The molecule has 2 aromatic carbocycles. The number of nitrogens with zero attached hydrogens (tertiary/aromatic N) is 6. The maximum atomic E-state index is 13.7. The molecular formula is C28H22F3N7O2. The summed E-state index contributed by atoms with van der Waals surface area (Å²) < 4.78 is 48.4. The van der Waals surface area contributed by atoms with Crippen LogP contribution >= 0.6 is 0 Å². The van der Waals surface area contributed by atoms with Crippen molar-refractivity contribution in [3.05, 3.63) is 77.1 Å². The number of alkyl halides is 3. The number of pyridine rings is 1. The number of rotatable bonds is 6. The molecule has 40 heavy (non-hydrogen) atoms. The third-order valence-electron chi connectivity index (χ3n) is 7.14. The fourth-order valence-electron chi connectivity index (χ4n) is 5.02. The number of anilines is 2. The second kappa shape index (κ2) is 9.46. The minimum Gasteiger partial charge on any atom is -0.379 e. The van der Waals surface area contributed by atoms with Crippen molar-refractivity contribution in [2.45, 2.75) is 31.3 Å². The van der Waals surface area contributed by atoms with E-state index in [0.717, 1.165) is 12.5 Å². The molecule has 0 spiro atoms. The summed E-state index contributed by atoms with van der Waals surface area (Å²) in [7, 11) is 3.40. The molecule has 0 bridgehead atoms. The summed E-state index contributed by atoms with van der Waals surface area (Å²) in [6.45, 7) is -0.280. The predicted octanol–water partition coefficient (Wildman–Crippen LogP) is 4.79. The highest BCUT2D eigenvalue weighted by atomic mass is 19.4. The monoisotopic (exact) mass is 545 g/mol. The Balaban J connectivity index is 1.49. The van der Waals surface area contributed by atoms with Crippen LogP contribution in [-0.2, 0) is 24.5 Å². The largest absolute Gasteiger partial charge is 0.416 e. The molecule has 1 amide bonds. The number of fused-ring (bicyclic) bond motifs is 1. The Hall–Kier alpha value is -4.76. The van der Waals surface area contributed by atoms with Crippen LogP contribution in [0.3, 0.4) is 0 Å². The van der Waals surface area contributed by atoms with E-state index in [9.17, 15) is 23.2 Å². The van der Waals surface area contributed by atoms with Gasteiger partial charge in [0.05, 0.1) is 35.9 Å². The first kappa shape index (κ1) is 25.5. The van der Waals surface area contributed by atoms with Crippen molar-refractivity contribution in [2.75, 3.05) is 17.3 Å². The molecule has 0 saturated heterocycles. The van der Waals surface area contributed by atoms with Crippen LogP contribution in [-0.4, -0.2) is 44.9 Å². The fraction of sp³-hybridized carbons (Fsp3) is 0.250. The first-order chi connectivity index (χ1) is 19.2. The van der Waals surface area contributed by atoms with Gasteiger partial charge in [-0.25, -0.2) is 4.98 Å². The van der Waals surface area contributed by atoms with E-state index in [0.29, 0.717) is 33.9 Å². The van der Waals surface area contributed by atoms with Crippen LogP contribution in [0.5, 0.6) is 0 Å². The van der Waals surface area contributed by atoms with Gasteiger partial charge >= 0.3 is 6.18 Å². The summed E-state index contributed by atoms with van der Waals surface area (Å²) >= 11 is 0. The molecule has 12 heteroatoms. The standard InChI is InChI=1S/C28H22F3N7O2/c1-37-14-33-36-26(37)17-7-6-15(12-32)8-19(17)16-9-24(34-22-11-23(22)40-2)35-25(10-16)38-13-20-18(27(38)39)4-3-5-21(20)28(29,30)31/h3-10,14,22-23H,11,13H2,1-2H3,(H,34,35)/t22-,23+/m0/s1. The van der Waals surface area contributed by atoms with E-state index >= 15 is 0 Å². The van der Waals surface area contributed by atoms with E-state index in [4.69, 9.17) is 4.74 Å². The Morgan fingerprint density at radius 3 is 2.62 bits per heavy atom. The zero-order valence-electron chi connectivity index (χ0n) is 21.4. The molecule has 4 aromatic rings. The molecule has 2 atom stereocenters. The van der Waals surface area contributed by atoms with E-state index in [1.54, 1.807) is 55.4 Å². The molecule has 6 rings (SSSR count). The summed E-state index contributed by atoms with van der Waals surface area (Å²) in [4.78, 5) is 19.2. The van der Waals surface area contributed by atoms with Gasteiger partial charge in [-0.15, -0.1) is 10.2 Å². The van der Waals surface area contributed by atoms with Gasteiger partial charge in [0.2, 0.25) is 0 Å². The van der Waals surface area contributed by atoms with Crippen LogP contribution in [0, 0.1) is 11.3 Å². The first-order valence-corrected chi connectivity index (χ1v) is 12.4. The zero-order valence-corrected chi connectivity index (χ0v) is 21.4. The van der Waals surface area contributed by atoms with Crippen LogP contribution in [0.4, 0.5) is 24.8 Å². The van der Waals surface area contributed by atoms with Gasteiger partial charge in [0.15, 0.2) is 5.82 Å². The predicted molar refractivity (Wildman–Crippen MR) is 139 cm³/mol. The average molecular weight is 546 g/mol. The van der Waals surface area contributed by atoms with Crippen LogP contribution in [0.1, 0.15) is 33.5 Å². The van der Waals surface area contributed by atoms with Crippen molar-refractivity contribution in [3.63, 3.8) is 0 Å². The number of ether oxygens (including phenoxy) is 1. The van der Waals surface area contributed by atoms with Gasteiger partial charge in [-0.3, -0.25) is 9.69 Å². The fourth-order valence-corrected chi connectivity index (χ4v) is 5.02. The van der Waals surface area contributed by atoms with Crippen molar-refractivity contribution in [1.29, 1.82) is 5.26 Å². The van der Waals surface area contributed by atoms with E-state index in [-0.39, 0.29) is 35.6 Å². The van der Waals surface area contributed by atoms with Gasteiger partial charge in [-0.05, 0) is 65.6 Å². The molecule has 3 heterocycles. The lowest BCUT2D eigenvalue weighted by Crippen LogP contribution is -2.24. The number of aromatic nitrogens is 4. The minimum atomic E-state index is -4.60. The van der Waals surface area contributed by atoms with Gasteiger partial charge in [0.25, 0.3) is 5.91 Å². The zero-order chi connectivity index (χ0) is 28.2. The lowest BCUT2D eigenvalue weighted by molar-refractivity contribution is -0.138. The Labute approximate surface area is 226 Å². The number of hydrogen-bond acceptors (Lipinski definition) is 7. The number of methoxy groups -OCH3 is 1. The number of amides is 1. The molecular weight excluding hydrogens is 523 g/mol. The first-order valence-electron chi connectivity index (χ1n) is 12.4. The van der Waals surface area contributed by atoms with E-state index in [2.05, 4.69) is 26.6 Å². The molecule has 1 fully saturated rings. The average Bonchev–Trinajstić information content (AvgIpc) is 3.41. The normalized spacial score (nSPS) is 18.0. The van der Waals surface area contributed by atoms with Crippen molar-refractivity contribution in [1.82, 2.24) is 19.7 Å². The van der Waals surface area contributed by atoms with E-state index in [1.165, 1.54) is 17.0 Å². The second-order valence-electron chi connectivity index (χ2n) is 9.72. The molecule has 1 aliphatic carbocycles. The SMILES string of the molecule is CO[C@@H]1C[C@@H]1Nc1cc(-c2cc(C#N)ccc2-c2nncn2C)cc(N2Cc3c(cccc3C(F)(F)F)C2=O)n1. The van der Waals surface area contributed by atoms with Crippen molar-refractivity contribution in [2.24, 2.45) is 7.05 Å². The van der Waals surface area contributed by atoms with Crippen LogP contribution in [0.15, 0.2) is 54.9 Å². The molecule has 0 radical (unpaired) electrons. The maximum Gasteiger partial charge on any atom is 0.416 e. The lowest BCUT2D eigenvalue weighted by atomic mass is 9.97. The summed E-state index contributed by atoms with van der Waals surface area (Å²) in [5, 5.41) is 21.1. The van der Waals surface area contributed by atoms with Gasteiger partial charge < -0.3 is 14.6 Å². The van der Waals surface area contributed by atoms with Crippen molar-refractivity contribution < 1.29 is 22.7 Å². The molecule has 1 saturated carbocycles. The summed E-state index contributed by atoms with van der Waals surface area (Å²) in [5.74, 6) is 0.573. The smallest absolute Gasteiger partial charge is 0.379 e. The number of benzene rings is 2. The van der Waals surface area contributed by atoms with Gasteiger partial charge in [-0.1, -0.05) is 6.07 Å². The van der Waals surface area contributed by atoms with Crippen LogP contribution < -0.4 is 10.2 Å². The highest BCUT2D eigenvalue weighted by Gasteiger charge is 2.41. The topological polar surface area (TPSA) is 109 Å². The van der Waals surface area contributed by atoms with Gasteiger partial charge in [0, 0.05) is 25.3 Å². The molecule has 202 valence electrons. The molecule has 0 unspecified atom stereocenters. The number of carbonyl (C=O) groups excluding carboxylic acids is 1. The quantitative estimate of drug-likeness (QED) is 0.371. The Morgan fingerprint density at radius 1 is 1.12 bits per heavy atom. The minimum absolute atomic E-state index is 0.00274. The summed E-state index contributed by atoms with van der Waals surface area (Å²) in [6, 6.07) is 14.3. The second-order valence-corrected chi connectivity index (χ2v) is 9.72. The van der Waals surface area contributed by atoms with E-state index < -0.39 is 17.6 Å². The Kier molecular flexibility index (Phi) is 6.03. The summed E-state index contributed by atoms with van der Waals surface area (Å²) in [5.41, 5.74) is 1.35. The maximum absolute atomic E-state index is 13.7. The Morgan fingerprint density at radius 2 is 1.95 bits per heavy atom. The molecule has 1 aliphatic heterocycles. The number of halogens is 3. The Bertz CT molecular complexity index is 1690.